The van der Waals surface area contributed by atoms with Crippen LogP contribution in [-0.4, -0.2) is 15.9 Å². The van der Waals surface area contributed by atoms with Crippen molar-refractivity contribution in [3.63, 3.8) is 0 Å². The molecule has 0 aliphatic carbocycles. The van der Waals surface area contributed by atoms with E-state index < -0.39 is 0 Å². The summed E-state index contributed by atoms with van der Waals surface area (Å²) in [6.07, 6.45) is 1.72. The van der Waals surface area contributed by atoms with E-state index in [-0.39, 0.29) is 5.91 Å². The van der Waals surface area contributed by atoms with Gasteiger partial charge < -0.3 is 10.6 Å². The number of nitrogens with one attached hydrogen (secondary N) is 2. The van der Waals surface area contributed by atoms with E-state index in [1.807, 2.05) is 80.6 Å². The topological polar surface area (TPSA) is 66.9 Å². The second kappa shape index (κ2) is 8.57. The highest BCUT2D eigenvalue weighted by Crippen LogP contribution is 2.21. The molecule has 0 aliphatic rings. The molecule has 5 nitrogen and oxygen atoms in total. The molecule has 1 aromatic heterocycles. The molecule has 3 aromatic carbocycles. The molecule has 0 saturated heterocycles. The standard InChI is InChI=1S/C25H22N4O/c1-17-11-12-22(18(2)15-17)28-25(30)20-9-6-10-21(16-20)27-23-13-14-26-24(29-23)19-7-4-3-5-8-19/h3-16H,1-2H3,(H,28,30)(H,26,27,29). The fraction of sp³-hybridized carbons (Fsp3) is 0.0800. The number of amides is 1. The minimum atomic E-state index is -0.154. The van der Waals surface area contributed by atoms with Crippen LogP contribution in [0, 0.1) is 13.8 Å². The zero-order valence-electron chi connectivity index (χ0n) is 16.9. The molecule has 0 aliphatic heterocycles. The molecule has 2 N–H and O–H groups in total. The lowest BCUT2D eigenvalue weighted by Crippen LogP contribution is -2.13. The first-order valence-corrected chi connectivity index (χ1v) is 9.73. The van der Waals surface area contributed by atoms with Crippen LogP contribution in [0.15, 0.2) is 85.1 Å². The average Bonchev–Trinajstić information content (AvgIpc) is 2.77. The molecule has 0 bridgehead atoms. The molecule has 1 heterocycles. The second-order valence-corrected chi connectivity index (χ2v) is 7.11. The summed E-state index contributed by atoms with van der Waals surface area (Å²) in [4.78, 5) is 21.7. The Hall–Kier alpha value is -3.99. The highest BCUT2D eigenvalue weighted by Gasteiger charge is 2.09. The Morgan fingerprint density at radius 3 is 2.50 bits per heavy atom. The Kier molecular flexibility index (Phi) is 5.52. The van der Waals surface area contributed by atoms with Crippen LogP contribution in [0.5, 0.6) is 0 Å². The molecule has 0 atom stereocenters. The van der Waals surface area contributed by atoms with Gasteiger partial charge in [0.2, 0.25) is 0 Å². The summed E-state index contributed by atoms with van der Waals surface area (Å²) in [7, 11) is 0. The normalized spacial score (nSPS) is 10.5. The van der Waals surface area contributed by atoms with Gasteiger partial charge in [-0.25, -0.2) is 9.97 Å². The zero-order chi connectivity index (χ0) is 20.9. The predicted octanol–water partition coefficient (Wildman–Crippen LogP) is 5.76. The maximum Gasteiger partial charge on any atom is 0.255 e. The van der Waals surface area contributed by atoms with Crippen molar-refractivity contribution in [2.24, 2.45) is 0 Å². The summed E-state index contributed by atoms with van der Waals surface area (Å²) in [6.45, 7) is 4.02. The summed E-state index contributed by atoms with van der Waals surface area (Å²) < 4.78 is 0. The van der Waals surface area contributed by atoms with Crippen molar-refractivity contribution >= 4 is 23.1 Å². The predicted molar refractivity (Wildman–Crippen MR) is 121 cm³/mol. The lowest BCUT2D eigenvalue weighted by atomic mass is 10.1. The first kappa shape index (κ1) is 19.3. The Morgan fingerprint density at radius 1 is 0.867 bits per heavy atom. The van der Waals surface area contributed by atoms with Gasteiger partial charge >= 0.3 is 0 Å². The number of aromatic nitrogens is 2. The monoisotopic (exact) mass is 394 g/mol. The second-order valence-electron chi connectivity index (χ2n) is 7.11. The van der Waals surface area contributed by atoms with Gasteiger partial charge in [0.15, 0.2) is 5.82 Å². The molecular formula is C25H22N4O. The third kappa shape index (κ3) is 4.52. The molecule has 0 unspecified atom stereocenters. The number of nitrogens with zero attached hydrogens (tertiary/aromatic N) is 2. The third-order valence-corrected chi connectivity index (χ3v) is 4.71. The number of anilines is 3. The van der Waals surface area contributed by atoms with E-state index in [0.717, 1.165) is 28.1 Å². The lowest BCUT2D eigenvalue weighted by molar-refractivity contribution is 0.102. The van der Waals surface area contributed by atoms with E-state index in [0.29, 0.717) is 17.2 Å². The van der Waals surface area contributed by atoms with Gasteiger partial charge in [0.1, 0.15) is 5.82 Å². The smallest absolute Gasteiger partial charge is 0.255 e. The van der Waals surface area contributed by atoms with Crippen molar-refractivity contribution in [1.29, 1.82) is 0 Å². The number of carbonyl (C=O) groups is 1. The summed E-state index contributed by atoms with van der Waals surface area (Å²) in [5.74, 6) is 1.15. The summed E-state index contributed by atoms with van der Waals surface area (Å²) >= 11 is 0. The van der Waals surface area contributed by atoms with Crippen molar-refractivity contribution in [1.82, 2.24) is 9.97 Å². The fourth-order valence-corrected chi connectivity index (χ4v) is 3.19. The van der Waals surface area contributed by atoms with Crippen LogP contribution in [0.2, 0.25) is 0 Å². The van der Waals surface area contributed by atoms with E-state index >= 15 is 0 Å². The first-order valence-electron chi connectivity index (χ1n) is 9.73. The Bertz CT molecular complexity index is 1190. The third-order valence-electron chi connectivity index (χ3n) is 4.71. The van der Waals surface area contributed by atoms with Gasteiger partial charge in [-0.05, 0) is 49.7 Å². The quantitative estimate of drug-likeness (QED) is 0.452. The highest BCUT2D eigenvalue weighted by atomic mass is 16.1. The molecule has 1 amide bonds. The van der Waals surface area contributed by atoms with Crippen molar-refractivity contribution in [3.05, 3.63) is 102 Å². The lowest BCUT2D eigenvalue weighted by Gasteiger charge is -2.11. The minimum Gasteiger partial charge on any atom is -0.340 e. The number of carbonyl (C=O) groups excluding carboxylic acids is 1. The summed E-state index contributed by atoms with van der Waals surface area (Å²) in [5, 5.41) is 6.24. The van der Waals surface area contributed by atoms with Crippen LogP contribution in [0.4, 0.5) is 17.2 Å². The van der Waals surface area contributed by atoms with Crippen molar-refractivity contribution in [2.75, 3.05) is 10.6 Å². The number of rotatable bonds is 5. The van der Waals surface area contributed by atoms with Gasteiger partial charge in [-0.15, -0.1) is 0 Å². The fourth-order valence-electron chi connectivity index (χ4n) is 3.19. The SMILES string of the molecule is Cc1ccc(NC(=O)c2cccc(Nc3ccnc(-c4ccccc4)n3)c2)c(C)c1. The molecule has 0 radical (unpaired) electrons. The molecule has 4 aromatic rings. The highest BCUT2D eigenvalue weighted by molar-refractivity contribution is 6.05. The van der Waals surface area contributed by atoms with E-state index in [1.165, 1.54) is 0 Å². The first-order chi connectivity index (χ1) is 14.6. The van der Waals surface area contributed by atoms with Crippen LogP contribution < -0.4 is 10.6 Å². The van der Waals surface area contributed by atoms with Crippen LogP contribution in [0.3, 0.4) is 0 Å². The van der Waals surface area contributed by atoms with E-state index in [4.69, 9.17) is 0 Å². The van der Waals surface area contributed by atoms with Crippen LogP contribution >= 0.6 is 0 Å². The minimum absolute atomic E-state index is 0.154. The van der Waals surface area contributed by atoms with Crippen LogP contribution in [0.25, 0.3) is 11.4 Å². The molecule has 30 heavy (non-hydrogen) atoms. The number of benzene rings is 3. The largest absolute Gasteiger partial charge is 0.340 e. The van der Waals surface area contributed by atoms with Crippen LogP contribution in [-0.2, 0) is 0 Å². The zero-order valence-corrected chi connectivity index (χ0v) is 16.9. The van der Waals surface area contributed by atoms with E-state index in [9.17, 15) is 4.79 Å². The number of hydrogen-bond donors (Lipinski definition) is 2. The van der Waals surface area contributed by atoms with E-state index in [1.54, 1.807) is 18.3 Å². The summed E-state index contributed by atoms with van der Waals surface area (Å²) in [6, 6.07) is 24.9. The molecule has 5 heteroatoms. The van der Waals surface area contributed by atoms with Gasteiger partial charge in [0.25, 0.3) is 5.91 Å². The average molecular weight is 394 g/mol. The van der Waals surface area contributed by atoms with Gasteiger partial charge in [-0.2, -0.15) is 0 Å². The molecule has 0 fully saturated rings. The Morgan fingerprint density at radius 2 is 1.70 bits per heavy atom. The maximum absolute atomic E-state index is 12.7. The number of hydrogen-bond acceptors (Lipinski definition) is 4. The maximum atomic E-state index is 12.7. The van der Waals surface area contributed by atoms with E-state index in [2.05, 4.69) is 20.6 Å². The molecule has 0 spiro atoms. The van der Waals surface area contributed by atoms with Gasteiger partial charge in [-0.3, -0.25) is 4.79 Å². The van der Waals surface area contributed by atoms with Gasteiger partial charge in [0, 0.05) is 28.7 Å². The summed E-state index contributed by atoms with van der Waals surface area (Å²) in [5.41, 5.74) is 5.30. The molecule has 4 rings (SSSR count). The molecule has 0 saturated carbocycles. The van der Waals surface area contributed by atoms with Gasteiger partial charge in [-0.1, -0.05) is 54.1 Å². The van der Waals surface area contributed by atoms with Gasteiger partial charge in [0.05, 0.1) is 0 Å². The molecular weight excluding hydrogens is 372 g/mol. The Balaban J connectivity index is 1.52. The Labute approximate surface area is 175 Å². The van der Waals surface area contributed by atoms with Crippen molar-refractivity contribution in [2.45, 2.75) is 13.8 Å². The van der Waals surface area contributed by atoms with Crippen molar-refractivity contribution < 1.29 is 4.79 Å². The van der Waals surface area contributed by atoms with Crippen molar-refractivity contribution in [3.8, 4) is 11.4 Å². The molecule has 148 valence electrons. The van der Waals surface area contributed by atoms with Crippen LogP contribution in [0.1, 0.15) is 21.5 Å². The number of aryl methyl sites for hydroxylation is 2.